The monoisotopic (exact) mass is 374 g/mol. The van der Waals surface area contributed by atoms with Crippen LogP contribution < -0.4 is 0 Å². The number of fused-ring (bicyclic) bond motifs is 2. The van der Waals surface area contributed by atoms with Gasteiger partial charge in [-0.25, -0.2) is 0 Å². The summed E-state index contributed by atoms with van der Waals surface area (Å²) in [6, 6.07) is 19.7. The average Bonchev–Trinajstić information content (AvgIpc) is 3.22. The maximum atomic E-state index is 9.36. The summed E-state index contributed by atoms with van der Waals surface area (Å²) in [6.07, 6.45) is 6.26. The third-order valence-corrected chi connectivity index (χ3v) is 7.16. The molecule has 2 aliphatic rings. The van der Waals surface area contributed by atoms with Gasteiger partial charge in [0.05, 0.1) is 0 Å². The second-order valence-electron chi connectivity index (χ2n) is 7.38. The predicted molar refractivity (Wildman–Crippen MR) is 113 cm³/mol. The third kappa shape index (κ3) is 3.72. The molecule has 0 fully saturated rings. The van der Waals surface area contributed by atoms with Crippen molar-refractivity contribution < 1.29 is 10.2 Å². The van der Waals surface area contributed by atoms with Crippen LogP contribution in [0.15, 0.2) is 60.7 Å². The van der Waals surface area contributed by atoms with Crippen LogP contribution in [0.2, 0.25) is 12.1 Å². The molecule has 27 heavy (non-hydrogen) atoms. The Morgan fingerprint density at radius 2 is 1.11 bits per heavy atom. The Morgan fingerprint density at radius 1 is 0.667 bits per heavy atom. The summed E-state index contributed by atoms with van der Waals surface area (Å²) in [4.78, 5) is 0. The number of hydrogen-bond acceptors (Lipinski definition) is 2. The van der Waals surface area contributed by atoms with Crippen molar-refractivity contribution in [3.05, 3.63) is 82.9 Å². The molecule has 2 nitrogen and oxygen atoms in total. The zero-order valence-corrected chi connectivity index (χ0v) is 16.6. The van der Waals surface area contributed by atoms with Gasteiger partial charge in [0, 0.05) is 34.6 Å². The predicted octanol–water partition coefficient (Wildman–Crippen LogP) is 4.65. The summed E-state index contributed by atoms with van der Waals surface area (Å²) in [5.74, 6) is 0.970. The van der Waals surface area contributed by atoms with Crippen LogP contribution in [0.1, 0.15) is 46.9 Å². The molecule has 3 heteroatoms. The fraction of sp³-hybridized carbons (Fsp3) is 0.333. The Hall–Kier alpha value is -1.94. The molecule has 2 aliphatic carbocycles. The minimum Gasteiger partial charge on any atom is -0.396 e. The van der Waals surface area contributed by atoms with Gasteiger partial charge in [-0.2, -0.15) is 0 Å². The van der Waals surface area contributed by atoms with Gasteiger partial charge in [0.2, 0.25) is 0 Å². The summed E-state index contributed by atoms with van der Waals surface area (Å²) in [7, 11) is 0.894. The van der Waals surface area contributed by atoms with E-state index in [1.165, 1.54) is 45.5 Å². The maximum absolute atomic E-state index is 9.36. The van der Waals surface area contributed by atoms with E-state index in [0.29, 0.717) is 11.8 Å². The van der Waals surface area contributed by atoms with Crippen molar-refractivity contribution in [1.82, 2.24) is 0 Å². The lowest BCUT2D eigenvalue weighted by atomic mass is 10.0. The largest absolute Gasteiger partial charge is 0.396 e. The van der Waals surface area contributed by atoms with Crippen molar-refractivity contribution in [1.29, 1.82) is 0 Å². The van der Waals surface area contributed by atoms with Crippen molar-refractivity contribution in [2.24, 2.45) is 0 Å². The summed E-state index contributed by atoms with van der Waals surface area (Å²) >= 11 is 0. The Bertz CT molecular complexity index is 797. The van der Waals surface area contributed by atoms with Gasteiger partial charge in [-0.1, -0.05) is 72.8 Å². The van der Waals surface area contributed by atoms with Gasteiger partial charge in [-0.15, -0.1) is 0 Å². The van der Waals surface area contributed by atoms with Crippen LogP contribution in [0.3, 0.4) is 0 Å². The fourth-order valence-electron chi connectivity index (χ4n) is 4.48. The first-order valence-corrected chi connectivity index (χ1v) is 11.3. The maximum Gasteiger partial charge on any atom is 0.0471 e. The van der Waals surface area contributed by atoms with Crippen LogP contribution in [0.5, 0.6) is 0 Å². The first kappa shape index (κ1) is 18.4. The summed E-state index contributed by atoms with van der Waals surface area (Å²) in [6.45, 7) is 0.429. The molecule has 2 aromatic rings. The molecule has 0 aliphatic heterocycles. The van der Waals surface area contributed by atoms with Gasteiger partial charge >= 0.3 is 0 Å². The van der Waals surface area contributed by atoms with Gasteiger partial charge in [0.1, 0.15) is 0 Å². The number of allylic oxidation sites excluding steroid dienone is 2. The minimum absolute atomic E-state index is 0.215. The molecule has 138 valence electrons. The van der Waals surface area contributed by atoms with Gasteiger partial charge < -0.3 is 10.2 Å². The van der Waals surface area contributed by atoms with Crippen LogP contribution in [0.4, 0.5) is 0 Å². The molecule has 2 N–H and O–H groups in total. The lowest BCUT2D eigenvalue weighted by Gasteiger charge is -2.13. The zero-order chi connectivity index (χ0) is 18.6. The van der Waals surface area contributed by atoms with Gasteiger partial charge in [0.15, 0.2) is 0 Å². The van der Waals surface area contributed by atoms with E-state index in [2.05, 4.69) is 60.7 Å². The second kappa shape index (κ2) is 8.38. The van der Waals surface area contributed by atoms with Crippen molar-refractivity contribution in [2.75, 3.05) is 13.2 Å². The van der Waals surface area contributed by atoms with Crippen LogP contribution >= 0.6 is 0 Å². The second-order valence-corrected chi connectivity index (χ2v) is 8.69. The SMILES string of the molecule is OCCC1=CC(C[Si]CC2C=C(CCO)c3ccccc32)c2ccccc21. The first-order chi connectivity index (χ1) is 13.3. The summed E-state index contributed by atoms with van der Waals surface area (Å²) < 4.78 is 0. The molecular formula is C24H26O2Si. The van der Waals surface area contributed by atoms with Crippen molar-refractivity contribution in [2.45, 2.75) is 36.8 Å². The van der Waals surface area contributed by atoms with Crippen LogP contribution in [-0.2, 0) is 0 Å². The standard InChI is InChI=1S/C24H26O2Si/c25-11-9-17-13-19(23-7-3-1-5-21(17)23)15-27-16-20-14-18(10-12-26)22-6-2-4-8-24(20)22/h1-8,13-14,19-20,25-26H,9-12,15-16H2. The normalized spacial score (nSPS) is 20.2. The number of rotatable bonds is 8. The Kier molecular flexibility index (Phi) is 5.72. The highest BCUT2D eigenvalue weighted by Gasteiger charge is 2.25. The average molecular weight is 375 g/mol. The van der Waals surface area contributed by atoms with E-state index in [0.717, 1.165) is 22.4 Å². The van der Waals surface area contributed by atoms with Gasteiger partial charge in [0.25, 0.3) is 0 Å². The lowest BCUT2D eigenvalue weighted by Crippen LogP contribution is -2.03. The number of aliphatic hydroxyl groups is 2. The Labute approximate surface area is 164 Å². The Morgan fingerprint density at radius 3 is 1.56 bits per heavy atom. The van der Waals surface area contributed by atoms with Crippen LogP contribution in [0, 0.1) is 0 Å². The molecule has 0 amide bonds. The quantitative estimate of drug-likeness (QED) is 0.660. The molecule has 0 spiro atoms. The molecule has 0 saturated heterocycles. The molecule has 0 aromatic heterocycles. The molecule has 0 saturated carbocycles. The molecule has 0 bridgehead atoms. The highest BCUT2D eigenvalue weighted by Crippen LogP contribution is 2.42. The fourth-order valence-corrected chi connectivity index (χ4v) is 5.94. The third-order valence-electron chi connectivity index (χ3n) is 5.71. The molecule has 2 atom stereocenters. The van der Waals surface area contributed by atoms with Crippen molar-refractivity contribution in [3.63, 3.8) is 0 Å². The number of hydrogen-bond donors (Lipinski definition) is 2. The molecule has 0 heterocycles. The molecule has 4 rings (SSSR count). The van der Waals surface area contributed by atoms with Crippen LogP contribution in [-0.4, -0.2) is 32.9 Å². The lowest BCUT2D eigenvalue weighted by molar-refractivity contribution is 0.304. The summed E-state index contributed by atoms with van der Waals surface area (Å²) in [5, 5.41) is 18.7. The highest BCUT2D eigenvalue weighted by atomic mass is 28.2. The number of aliphatic hydroxyl groups excluding tert-OH is 2. The first-order valence-electron chi connectivity index (χ1n) is 9.84. The van der Waals surface area contributed by atoms with E-state index >= 15 is 0 Å². The van der Waals surface area contributed by atoms with E-state index in [9.17, 15) is 10.2 Å². The van der Waals surface area contributed by atoms with E-state index < -0.39 is 0 Å². The van der Waals surface area contributed by atoms with E-state index in [1.807, 2.05) is 0 Å². The Balaban J connectivity index is 1.43. The number of benzene rings is 2. The zero-order valence-electron chi connectivity index (χ0n) is 15.6. The molecule has 2 unspecified atom stereocenters. The molecule has 2 aromatic carbocycles. The van der Waals surface area contributed by atoms with Crippen LogP contribution in [0.25, 0.3) is 11.1 Å². The highest BCUT2D eigenvalue weighted by molar-refractivity contribution is 6.36. The topological polar surface area (TPSA) is 40.5 Å². The van der Waals surface area contributed by atoms with Crippen molar-refractivity contribution >= 4 is 20.7 Å². The molecular weight excluding hydrogens is 348 g/mol. The van der Waals surface area contributed by atoms with Gasteiger partial charge in [-0.05, 0) is 46.2 Å². The summed E-state index contributed by atoms with van der Waals surface area (Å²) in [5.41, 5.74) is 8.13. The van der Waals surface area contributed by atoms with E-state index in [4.69, 9.17) is 0 Å². The minimum atomic E-state index is 0.215. The smallest absolute Gasteiger partial charge is 0.0471 e. The van der Waals surface area contributed by atoms with Crippen molar-refractivity contribution in [3.8, 4) is 0 Å². The van der Waals surface area contributed by atoms with E-state index in [1.54, 1.807) is 0 Å². The molecule has 2 radical (unpaired) electrons. The van der Waals surface area contributed by atoms with Gasteiger partial charge in [-0.3, -0.25) is 0 Å². The van der Waals surface area contributed by atoms with E-state index in [-0.39, 0.29) is 13.2 Å².